The number of rotatable bonds is 7. The number of ether oxygens (including phenoxy) is 1. The zero-order valence-electron chi connectivity index (χ0n) is 15.5. The summed E-state index contributed by atoms with van der Waals surface area (Å²) in [6.07, 6.45) is -1.07. The molecule has 2 aromatic carbocycles. The first-order chi connectivity index (χ1) is 13.4. The van der Waals surface area contributed by atoms with Crippen LogP contribution in [0.3, 0.4) is 0 Å². The van der Waals surface area contributed by atoms with Crippen molar-refractivity contribution >= 4 is 41.3 Å². The second-order valence-electron chi connectivity index (χ2n) is 5.85. The minimum Gasteiger partial charge on any atom is -0.452 e. The monoisotopic (exact) mass is 420 g/mol. The quantitative estimate of drug-likeness (QED) is 0.669. The van der Waals surface area contributed by atoms with Crippen molar-refractivity contribution in [2.24, 2.45) is 0 Å². The number of benzene rings is 2. The van der Waals surface area contributed by atoms with E-state index in [0.717, 1.165) is 11.1 Å². The molecule has 0 bridgehead atoms. The summed E-state index contributed by atoms with van der Waals surface area (Å²) in [7, 11) is 1.39. The standard InChI is InChI=1S/C20H21ClN2O4S/c1-13(19(25)23-20(26)22-2)27-17(24)12-28-18(14-6-4-3-5-7-14)15-8-10-16(21)11-9-15/h3-11,13,18H,12H2,1-2H3,(H2,22,23,25,26)/t13-,18-/m1/s1. The smallest absolute Gasteiger partial charge is 0.321 e. The summed E-state index contributed by atoms with van der Waals surface area (Å²) in [6.45, 7) is 1.41. The van der Waals surface area contributed by atoms with Crippen molar-refractivity contribution in [2.45, 2.75) is 18.3 Å². The minimum absolute atomic E-state index is 0.0414. The zero-order chi connectivity index (χ0) is 20.5. The maximum Gasteiger partial charge on any atom is 0.321 e. The summed E-state index contributed by atoms with van der Waals surface area (Å²) in [5.74, 6) is -1.19. The Morgan fingerprint density at radius 3 is 2.25 bits per heavy atom. The van der Waals surface area contributed by atoms with Crippen molar-refractivity contribution in [1.82, 2.24) is 10.6 Å². The second-order valence-corrected chi connectivity index (χ2v) is 7.38. The largest absolute Gasteiger partial charge is 0.452 e. The second kappa shape index (κ2) is 10.7. The van der Waals surface area contributed by atoms with Gasteiger partial charge < -0.3 is 10.1 Å². The molecular weight excluding hydrogens is 400 g/mol. The third-order valence-corrected chi connectivity index (χ3v) is 5.32. The van der Waals surface area contributed by atoms with Gasteiger partial charge in [0.2, 0.25) is 0 Å². The summed E-state index contributed by atoms with van der Waals surface area (Å²) >= 11 is 7.36. The molecule has 8 heteroatoms. The van der Waals surface area contributed by atoms with Gasteiger partial charge in [0, 0.05) is 12.1 Å². The SMILES string of the molecule is CNC(=O)NC(=O)[C@@H](C)OC(=O)CS[C@H](c1ccccc1)c1ccc(Cl)cc1. The van der Waals surface area contributed by atoms with E-state index in [1.54, 1.807) is 12.1 Å². The molecule has 2 rings (SSSR count). The number of imide groups is 1. The number of thioether (sulfide) groups is 1. The first kappa shape index (κ1) is 21.8. The van der Waals surface area contributed by atoms with Crippen molar-refractivity contribution in [2.75, 3.05) is 12.8 Å². The molecule has 0 heterocycles. The van der Waals surface area contributed by atoms with E-state index in [4.69, 9.17) is 16.3 Å². The third-order valence-electron chi connectivity index (χ3n) is 3.78. The molecule has 0 aliphatic rings. The van der Waals surface area contributed by atoms with E-state index < -0.39 is 24.0 Å². The molecule has 3 amide bonds. The van der Waals surface area contributed by atoms with E-state index in [1.165, 1.54) is 25.7 Å². The lowest BCUT2D eigenvalue weighted by atomic mass is 10.0. The molecule has 0 fully saturated rings. The van der Waals surface area contributed by atoms with Crippen molar-refractivity contribution in [1.29, 1.82) is 0 Å². The van der Waals surface area contributed by atoms with Gasteiger partial charge in [0.15, 0.2) is 6.10 Å². The topological polar surface area (TPSA) is 84.5 Å². The Morgan fingerprint density at radius 2 is 1.64 bits per heavy atom. The highest BCUT2D eigenvalue weighted by atomic mass is 35.5. The van der Waals surface area contributed by atoms with Gasteiger partial charge in [-0.3, -0.25) is 14.9 Å². The molecule has 0 spiro atoms. The molecule has 148 valence electrons. The molecule has 2 atom stereocenters. The molecule has 0 saturated carbocycles. The van der Waals surface area contributed by atoms with E-state index in [2.05, 4.69) is 10.6 Å². The van der Waals surface area contributed by atoms with Crippen LogP contribution in [0.2, 0.25) is 5.02 Å². The van der Waals surface area contributed by atoms with Crippen molar-refractivity contribution < 1.29 is 19.1 Å². The van der Waals surface area contributed by atoms with Crippen LogP contribution >= 0.6 is 23.4 Å². The number of urea groups is 1. The van der Waals surface area contributed by atoms with Gasteiger partial charge >= 0.3 is 12.0 Å². The lowest BCUT2D eigenvalue weighted by molar-refractivity contribution is -0.151. The van der Waals surface area contributed by atoms with Crippen molar-refractivity contribution in [3.05, 3.63) is 70.7 Å². The summed E-state index contributed by atoms with van der Waals surface area (Å²) in [5.41, 5.74) is 2.03. The third kappa shape index (κ3) is 6.58. The van der Waals surface area contributed by atoms with Crippen LogP contribution in [-0.4, -0.2) is 36.8 Å². The van der Waals surface area contributed by atoms with Crippen molar-refractivity contribution in [3.8, 4) is 0 Å². The van der Waals surface area contributed by atoms with Gasteiger partial charge in [0.25, 0.3) is 5.91 Å². The Labute approximate surface area is 173 Å². The van der Waals surface area contributed by atoms with Gasteiger partial charge in [-0.2, -0.15) is 0 Å². The van der Waals surface area contributed by atoms with Gasteiger partial charge in [-0.25, -0.2) is 4.79 Å². The van der Waals surface area contributed by atoms with E-state index in [0.29, 0.717) is 5.02 Å². The van der Waals surface area contributed by atoms with Gasteiger partial charge in [-0.15, -0.1) is 11.8 Å². The normalized spacial score (nSPS) is 12.5. The number of carbonyl (C=O) groups is 3. The Kier molecular flexibility index (Phi) is 8.35. The molecule has 2 N–H and O–H groups in total. The van der Waals surface area contributed by atoms with Crippen molar-refractivity contribution in [3.63, 3.8) is 0 Å². The number of nitrogens with one attached hydrogen (secondary N) is 2. The van der Waals surface area contributed by atoms with Crippen LogP contribution in [0.4, 0.5) is 4.79 Å². The molecule has 0 radical (unpaired) electrons. The van der Waals surface area contributed by atoms with E-state index in [-0.39, 0.29) is 11.0 Å². The fraction of sp³-hybridized carbons (Fsp3) is 0.250. The highest BCUT2D eigenvalue weighted by Gasteiger charge is 2.22. The molecule has 0 aliphatic carbocycles. The van der Waals surface area contributed by atoms with Gasteiger partial charge in [0.05, 0.1) is 11.0 Å². The number of hydrogen-bond donors (Lipinski definition) is 2. The van der Waals surface area contributed by atoms with Crippen LogP contribution in [0.5, 0.6) is 0 Å². The van der Waals surface area contributed by atoms with Crippen LogP contribution < -0.4 is 10.6 Å². The minimum atomic E-state index is -1.07. The Hall–Kier alpha value is -2.51. The Bertz CT molecular complexity index is 815. The van der Waals surface area contributed by atoms with Gasteiger partial charge in [0.1, 0.15) is 0 Å². The van der Waals surface area contributed by atoms with Gasteiger partial charge in [-0.1, -0.05) is 54.1 Å². The highest BCUT2D eigenvalue weighted by Crippen LogP contribution is 2.36. The lowest BCUT2D eigenvalue weighted by Crippen LogP contribution is -2.43. The Morgan fingerprint density at radius 1 is 1.04 bits per heavy atom. The number of amides is 3. The van der Waals surface area contributed by atoms with E-state index in [1.807, 2.05) is 42.5 Å². The fourth-order valence-electron chi connectivity index (χ4n) is 2.36. The number of halogens is 1. The molecule has 0 aromatic heterocycles. The predicted molar refractivity (Wildman–Crippen MR) is 110 cm³/mol. The van der Waals surface area contributed by atoms with E-state index >= 15 is 0 Å². The predicted octanol–water partition coefficient (Wildman–Crippen LogP) is 3.55. The summed E-state index contributed by atoms with van der Waals surface area (Å²) in [4.78, 5) is 35.2. The van der Waals surface area contributed by atoms with E-state index in [9.17, 15) is 14.4 Å². The molecule has 2 aromatic rings. The molecule has 0 saturated heterocycles. The zero-order valence-corrected chi connectivity index (χ0v) is 17.0. The molecule has 28 heavy (non-hydrogen) atoms. The number of esters is 1. The van der Waals surface area contributed by atoms with Crippen LogP contribution in [0.25, 0.3) is 0 Å². The van der Waals surface area contributed by atoms with Crippen LogP contribution in [-0.2, 0) is 14.3 Å². The average molecular weight is 421 g/mol. The molecule has 0 aliphatic heterocycles. The highest BCUT2D eigenvalue weighted by molar-refractivity contribution is 8.00. The Balaban J connectivity index is 2.01. The first-order valence-corrected chi connectivity index (χ1v) is 9.97. The molecule has 6 nitrogen and oxygen atoms in total. The van der Waals surface area contributed by atoms with Crippen LogP contribution in [0, 0.1) is 0 Å². The summed E-state index contributed by atoms with van der Waals surface area (Å²) in [6, 6.07) is 16.5. The van der Waals surface area contributed by atoms with Crippen LogP contribution in [0.15, 0.2) is 54.6 Å². The van der Waals surface area contributed by atoms with Crippen LogP contribution in [0.1, 0.15) is 23.3 Å². The number of hydrogen-bond acceptors (Lipinski definition) is 5. The molecular formula is C20H21ClN2O4S. The first-order valence-electron chi connectivity index (χ1n) is 8.54. The fourth-order valence-corrected chi connectivity index (χ4v) is 3.56. The maximum atomic E-state index is 12.2. The summed E-state index contributed by atoms with van der Waals surface area (Å²) in [5, 5.41) is 4.87. The summed E-state index contributed by atoms with van der Waals surface area (Å²) < 4.78 is 5.13. The maximum absolute atomic E-state index is 12.2. The molecule has 0 unspecified atom stereocenters. The average Bonchev–Trinajstić information content (AvgIpc) is 2.70. The van der Waals surface area contributed by atoms with Gasteiger partial charge in [-0.05, 0) is 30.2 Å². The lowest BCUT2D eigenvalue weighted by Gasteiger charge is -2.18. The number of carbonyl (C=O) groups excluding carboxylic acids is 3.